The van der Waals surface area contributed by atoms with Gasteiger partial charge in [-0.3, -0.25) is 9.97 Å². The van der Waals surface area contributed by atoms with Crippen LogP contribution in [0, 0.1) is 0 Å². The van der Waals surface area contributed by atoms with Crippen LogP contribution in [0.5, 0.6) is 0 Å². The molecule has 0 aliphatic carbocycles. The van der Waals surface area contributed by atoms with Crippen LogP contribution in [0.3, 0.4) is 0 Å². The number of rotatable bonds is 2. The van der Waals surface area contributed by atoms with Crippen molar-refractivity contribution in [3.05, 3.63) is 56.4 Å². The van der Waals surface area contributed by atoms with Gasteiger partial charge in [0.05, 0.1) is 19.0 Å². The van der Waals surface area contributed by atoms with Gasteiger partial charge in [-0.05, 0) is 67.8 Å². The highest BCUT2D eigenvalue weighted by Crippen LogP contribution is 2.39. The molecule has 3 aromatic heterocycles. The molecule has 0 saturated carbocycles. The summed E-state index contributed by atoms with van der Waals surface area (Å²) >= 11 is 8.75. The number of halogens is 2. The highest BCUT2D eigenvalue weighted by atomic mass is 79.9. The van der Waals surface area contributed by atoms with Crippen molar-refractivity contribution in [2.45, 2.75) is 0 Å². The summed E-state index contributed by atoms with van der Waals surface area (Å²) in [6, 6.07) is 12.0. The Bertz CT molecular complexity index is 710. The fourth-order valence-electron chi connectivity index (χ4n) is 1.79. The Hall–Kier alpha value is -1.04. The van der Waals surface area contributed by atoms with Gasteiger partial charge >= 0.3 is 0 Å². The van der Waals surface area contributed by atoms with Gasteiger partial charge in [0.15, 0.2) is 0 Å². The number of thiophene rings is 1. The average molecular weight is 396 g/mol. The summed E-state index contributed by atoms with van der Waals surface area (Å²) in [6.45, 7) is 0. The molecular formula is C14H8Br2N2S. The molecule has 0 bridgehead atoms. The summed E-state index contributed by atoms with van der Waals surface area (Å²) in [5, 5.41) is 0. The first kappa shape index (κ1) is 13.0. The highest BCUT2D eigenvalue weighted by molar-refractivity contribution is 9.12. The van der Waals surface area contributed by atoms with E-state index >= 15 is 0 Å². The molecule has 3 aromatic rings. The molecule has 0 saturated heterocycles. The van der Waals surface area contributed by atoms with Crippen LogP contribution in [0.4, 0.5) is 0 Å². The van der Waals surface area contributed by atoms with E-state index in [-0.39, 0.29) is 0 Å². The normalized spacial score (nSPS) is 10.6. The molecule has 0 atom stereocenters. The van der Waals surface area contributed by atoms with Gasteiger partial charge in [0, 0.05) is 18.0 Å². The van der Waals surface area contributed by atoms with E-state index in [9.17, 15) is 0 Å². The Kier molecular flexibility index (Phi) is 3.77. The van der Waals surface area contributed by atoms with Gasteiger partial charge in [0.2, 0.25) is 0 Å². The summed E-state index contributed by atoms with van der Waals surface area (Å²) in [5.41, 5.74) is 4.06. The molecule has 0 unspecified atom stereocenters. The summed E-state index contributed by atoms with van der Waals surface area (Å²) in [4.78, 5) is 8.72. The molecule has 0 radical (unpaired) electrons. The summed E-state index contributed by atoms with van der Waals surface area (Å²) in [6.07, 6.45) is 3.60. The molecule has 19 heavy (non-hydrogen) atoms. The average Bonchev–Trinajstić information content (AvgIpc) is 2.79. The maximum absolute atomic E-state index is 4.39. The Labute approximate surface area is 131 Å². The Morgan fingerprint density at radius 2 is 1.74 bits per heavy atom. The van der Waals surface area contributed by atoms with Crippen molar-refractivity contribution in [3.8, 4) is 22.5 Å². The van der Waals surface area contributed by atoms with Crippen molar-refractivity contribution in [1.29, 1.82) is 0 Å². The monoisotopic (exact) mass is 394 g/mol. The predicted octanol–water partition coefficient (Wildman–Crippen LogP) is 5.40. The van der Waals surface area contributed by atoms with E-state index in [1.807, 2.05) is 30.5 Å². The first-order valence-electron chi connectivity index (χ1n) is 5.57. The fraction of sp³-hybridized carbons (Fsp3) is 0. The topological polar surface area (TPSA) is 25.8 Å². The van der Waals surface area contributed by atoms with Crippen molar-refractivity contribution in [1.82, 2.24) is 9.97 Å². The maximum Gasteiger partial charge on any atom is 0.0892 e. The largest absolute Gasteiger partial charge is 0.255 e. The molecule has 0 aromatic carbocycles. The van der Waals surface area contributed by atoms with Gasteiger partial charge < -0.3 is 0 Å². The van der Waals surface area contributed by atoms with Crippen molar-refractivity contribution in [2.75, 3.05) is 0 Å². The third-order valence-electron chi connectivity index (χ3n) is 2.65. The third kappa shape index (κ3) is 2.78. The minimum Gasteiger partial charge on any atom is -0.255 e. The molecule has 2 nitrogen and oxygen atoms in total. The van der Waals surface area contributed by atoms with Gasteiger partial charge in [-0.1, -0.05) is 6.07 Å². The molecular weight excluding hydrogens is 388 g/mol. The molecule has 0 aliphatic rings. The molecule has 0 aliphatic heterocycles. The maximum atomic E-state index is 4.39. The molecule has 0 spiro atoms. The second kappa shape index (κ2) is 5.53. The van der Waals surface area contributed by atoms with Gasteiger partial charge in [0.1, 0.15) is 0 Å². The number of nitrogens with zero attached hydrogens (tertiary/aromatic N) is 2. The number of hydrogen-bond donors (Lipinski definition) is 0. The standard InChI is InChI=1S/C14H8Br2N2S/c15-13-8-10(14(16)19-13)9-4-6-18-12(7-9)11-3-1-2-5-17-11/h1-8H. The molecule has 0 N–H and O–H groups in total. The lowest BCUT2D eigenvalue weighted by Crippen LogP contribution is -1.87. The second-order valence-electron chi connectivity index (χ2n) is 3.88. The first-order valence-corrected chi connectivity index (χ1v) is 7.97. The SMILES string of the molecule is Brc1cc(-c2ccnc(-c3ccccn3)c2)c(Br)s1. The predicted molar refractivity (Wildman–Crippen MR) is 86.2 cm³/mol. The lowest BCUT2D eigenvalue weighted by molar-refractivity contribution is 1.25. The summed E-state index contributed by atoms with van der Waals surface area (Å²) < 4.78 is 2.21. The Morgan fingerprint density at radius 3 is 2.42 bits per heavy atom. The zero-order valence-corrected chi connectivity index (χ0v) is 13.7. The molecule has 0 amide bonds. The minimum atomic E-state index is 0.882. The van der Waals surface area contributed by atoms with E-state index < -0.39 is 0 Å². The van der Waals surface area contributed by atoms with Crippen molar-refractivity contribution < 1.29 is 0 Å². The van der Waals surface area contributed by atoms with Gasteiger partial charge in [0.25, 0.3) is 0 Å². The van der Waals surface area contributed by atoms with Crippen molar-refractivity contribution in [2.24, 2.45) is 0 Å². The van der Waals surface area contributed by atoms with E-state index in [1.54, 1.807) is 17.5 Å². The molecule has 5 heteroatoms. The van der Waals surface area contributed by atoms with Gasteiger partial charge in [-0.25, -0.2) is 0 Å². The van der Waals surface area contributed by atoms with Gasteiger partial charge in [-0.2, -0.15) is 0 Å². The van der Waals surface area contributed by atoms with E-state index in [2.05, 4.69) is 54.0 Å². The zero-order valence-electron chi connectivity index (χ0n) is 9.68. The highest BCUT2D eigenvalue weighted by Gasteiger charge is 2.09. The van der Waals surface area contributed by atoms with E-state index in [4.69, 9.17) is 0 Å². The van der Waals surface area contributed by atoms with Crippen LogP contribution >= 0.6 is 43.2 Å². The Morgan fingerprint density at radius 1 is 0.895 bits per heavy atom. The van der Waals surface area contributed by atoms with Crippen molar-refractivity contribution >= 4 is 43.2 Å². The van der Waals surface area contributed by atoms with Crippen LogP contribution in [-0.4, -0.2) is 9.97 Å². The molecule has 0 fully saturated rings. The third-order valence-corrected chi connectivity index (χ3v) is 4.99. The van der Waals surface area contributed by atoms with Crippen molar-refractivity contribution in [3.63, 3.8) is 0 Å². The van der Waals surface area contributed by atoms with Crippen LogP contribution < -0.4 is 0 Å². The molecule has 94 valence electrons. The summed E-state index contributed by atoms with van der Waals surface area (Å²) in [5.74, 6) is 0. The van der Waals surface area contributed by atoms with Crippen LogP contribution in [0.25, 0.3) is 22.5 Å². The Balaban J connectivity index is 2.08. The first-order chi connectivity index (χ1) is 9.24. The number of hydrogen-bond acceptors (Lipinski definition) is 3. The van der Waals surface area contributed by atoms with Crippen LogP contribution in [0.2, 0.25) is 0 Å². The summed E-state index contributed by atoms with van der Waals surface area (Å²) in [7, 11) is 0. The van der Waals surface area contributed by atoms with E-state index in [0.29, 0.717) is 0 Å². The quantitative estimate of drug-likeness (QED) is 0.580. The lowest BCUT2D eigenvalue weighted by Gasteiger charge is -2.03. The van der Waals surface area contributed by atoms with E-state index in [1.165, 1.54) is 0 Å². The smallest absolute Gasteiger partial charge is 0.0892 e. The van der Waals surface area contributed by atoms with Crippen LogP contribution in [0.15, 0.2) is 56.4 Å². The fourth-order valence-corrected chi connectivity index (χ4v) is 4.66. The van der Waals surface area contributed by atoms with Crippen LogP contribution in [0.1, 0.15) is 0 Å². The molecule has 3 rings (SSSR count). The number of pyridine rings is 2. The molecule has 3 heterocycles. The minimum absolute atomic E-state index is 0.882. The number of aromatic nitrogens is 2. The zero-order chi connectivity index (χ0) is 13.2. The van der Waals surface area contributed by atoms with Crippen LogP contribution in [-0.2, 0) is 0 Å². The van der Waals surface area contributed by atoms with Gasteiger partial charge in [-0.15, -0.1) is 11.3 Å². The second-order valence-corrected chi connectivity index (χ2v) is 7.63. The van der Waals surface area contributed by atoms with E-state index in [0.717, 1.165) is 30.1 Å². The lowest BCUT2D eigenvalue weighted by atomic mass is 10.1.